The van der Waals surface area contributed by atoms with E-state index in [0.717, 1.165) is 18.4 Å². The van der Waals surface area contributed by atoms with Crippen LogP contribution in [0.3, 0.4) is 0 Å². The van der Waals surface area contributed by atoms with Gasteiger partial charge in [-0.15, -0.1) is 0 Å². The molecule has 3 amide bonds. The average Bonchev–Trinajstić information content (AvgIpc) is 3.36. The van der Waals surface area contributed by atoms with Crippen molar-refractivity contribution in [3.8, 4) is 0 Å². The van der Waals surface area contributed by atoms with Gasteiger partial charge in [-0.05, 0) is 31.4 Å². The molecule has 1 atom stereocenters. The molecule has 1 aromatic rings. The van der Waals surface area contributed by atoms with E-state index in [9.17, 15) is 14.4 Å². The first-order valence-electron chi connectivity index (χ1n) is 7.19. The van der Waals surface area contributed by atoms with Gasteiger partial charge in [-0.3, -0.25) is 25.2 Å². The Morgan fingerprint density at radius 3 is 2.45 bits per heavy atom. The SMILES string of the molecule is CC(NC(=O)C=Cc1ccccc1)C(=O)NNC(=O)C1CC1. The lowest BCUT2D eigenvalue weighted by Gasteiger charge is -2.13. The van der Waals surface area contributed by atoms with Gasteiger partial charge >= 0.3 is 0 Å². The van der Waals surface area contributed by atoms with Crippen LogP contribution in [0.15, 0.2) is 36.4 Å². The second-order valence-corrected chi connectivity index (χ2v) is 5.23. The smallest absolute Gasteiger partial charge is 0.260 e. The number of amides is 3. The maximum Gasteiger partial charge on any atom is 0.260 e. The highest BCUT2D eigenvalue weighted by Crippen LogP contribution is 2.28. The zero-order chi connectivity index (χ0) is 15.9. The van der Waals surface area contributed by atoms with Crippen LogP contribution in [-0.2, 0) is 14.4 Å². The van der Waals surface area contributed by atoms with E-state index in [1.165, 1.54) is 6.08 Å². The second kappa shape index (κ2) is 7.40. The molecule has 6 heteroatoms. The van der Waals surface area contributed by atoms with Gasteiger partial charge in [0, 0.05) is 12.0 Å². The molecule has 0 aromatic heterocycles. The Bertz CT molecular complexity index is 580. The summed E-state index contributed by atoms with van der Waals surface area (Å²) in [6, 6.07) is 8.62. The standard InChI is InChI=1S/C16H19N3O3/c1-11(15(21)18-19-16(22)13-8-9-13)17-14(20)10-7-12-5-3-2-4-6-12/h2-7,10-11,13H,8-9H2,1H3,(H,17,20)(H,18,21)(H,19,22). The first kappa shape index (κ1) is 15.8. The van der Waals surface area contributed by atoms with Crippen LogP contribution in [0.4, 0.5) is 0 Å². The van der Waals surface area contributed by atoms with Gasteiger partial charge in [-0.25, -0.2) is 0 Å². The quantitative estimate of drug-likeness (QED) is 0.554. The lowest BCUT2D eigenvalue weighted by molar-refractivity contribution is -0.131. The third-order valence-corrected chi connectivity index (χ3v) is 3.24. The van der Waals surface area contributed by atoms with Crippen molar-refractivity contribution in [2.24, 2.45) is 5.92 Å². The van der Waals surface area contributed by atoms with Gasteiger partial charge in [0.1, 0.15) is 6.04 Å². The number of carbonyl (C=O) groups is 3. The zero-order valence-electron chi connectivity index (χ0n) is 12.3. The summed E-state index contributed by atoms with van der Waals surface area (Å²) in [6.45, 7) is 1.55. The van der Waals surface area contributed by atoms with Crippen LogP contribution in [0.1, 0.15) is 25.3 Å². The lowest BCUT2D eigenvalue weighted by atomic mass is 10.2. The highest BCUT2D eigenvalue weighted by atomic mass is 16.2. The molecule has 22 heavy (non-hydrogen) atoms. The van der Waals surface area contributed by atoms with Crippen LogP contribution in [0.5, 0.6) is 0 Å². The first-order chi connectivity index (χ1) is 10.6. The highest BCUT2D eigenvalue weighted by molar-refractivity contribution is 5.95. The molecule has 116 valence electrons. The molecular weight excluding hydrogens is 282 g/mol. The Labute approximate surface area is 128 Å². The monoisotopic (exact) mass is 301 g/mol. The molecule has 0 radical (unpaired) electrons. The van der Waals surface area contributed by atoms with Crippen LogP contribution in [0.25, 0.3) is 6.08 Å². The van der Waals surface area contributed by atoms with E-state index in [2.05, 4.69) is 16.2 Å². The van der Waals surface area contributed by atoms with E-state index in [1.807, 2.05) is 30.3 Å². The summed E-state index contributed by atoms with van der Waals surface area (Å²) in [5, 5.41) is 2.53. The number of rotatable bonds is 5. The van der Waals surface area contributed by atoms with Crippen LogP contribution < -0.4 is 16.2 Å². The lowest BCUT2D eigenvalue weighted by Crippen LogP contribution is -2.51. The summed E-state index contributed by atoms with van der Waals surface area (Å²) in [5.74, 6) is -1.01. The number of benzene rings is 1. The van der Waals surface area contributed by atoms with Crippen molar-refractivity contribution < 1.29 is 14.4 Å². The molecule has 1 aromatic carbocycles. The van der Waals surface area contributed by atoms with E-state index in [1.54, 1.807) is 13.0 Å². The van der Waals surface area contributed by atoms with Crippen molar-refractivity contribution in [3.63, 3.8) is 0 Å². The van der Waals surface area contributed by atoms with Gasteiger partial charge in [-0.2, -0.15) is 0 Å². The van der Waals surface area contributed by atoms with Gasteiger partial charge < -0.3 is 5.32 Å². The minimum absolute atomic E-state index is 0.0130. The summed E-state index contributed by atoms with van der Waals surface area (Å²) in [5.41, 5.74) is 5.55. The van der Waals surface area contributed by atoms with E-state index in [-0.39, 0.29) is 17.7 Å². The predicted molar refractivity (Wildman–Crippen MR) is 82.1 cm³/mol. The molecule has 6 nitrogen and oxygen atoms in total. The topological polar surface area (TPSA) is 87.3 Å². The fourth-order valence-corrected chi connectivity index (χ4v) is 1.74. The first-order valence-corrected chi connectivity index (χ1v) is 7.19. The number of hydrogen-bond donors (Lipinski definition) is 3. The molecule has 2 rings (SSSR count). The Kier molecular flexibility index (Phi) is 5.30. The van der Waals surface area contributed by atoms with Crippen LogP contribution in [-0.4, -0.2) is 23.8 Å². The van der Waals surface area contributed by atoms with E-state index < -0.39 is 11.9 Å². The molecule has 0 heterocycles. The highest BCUT2D eigenvalue weighted by Gasteiger charge is 2.30. The summed E-state index contributed by atoms with van der Waals surface area (Å²) in [4.78, 5) is 34.8. The fourth-order valence-electron chi connectivity index (χ4n) is 1.74. The summed E-state index contributed by atoms with van der Waals surface area (Å²) in [7, 11) is 0. The second-order valence-electron chi connectivity index (χ2n) is 5.23. The fraction of sp³-hybridized carbons (Fsp3) is 0.312. The average molecular weight is 301 g/mol. The zero-order valence-corrected chi connectivity index (χ0v) is 12.3. The normalized spacial score (nSPS) is 15.1. The maximum atomic E-state index is 11.7. The van der Waals surface area contributed by atoms with E-state index in [0.29, 0.717) is 0 Å². The van der Waals surface area contributed by atoms with Gasteiger partial charge in [-0.1, -0.05) is 30.3 Å². The molecule has 0 saturated heterocycles. The van der Waals surface area contributed by atoms with E-state index in [4.69, 9.17) is 0 Å². The molecule has 0 bridgehead atoms. The molecule has 1 aliphatic carbocycles. The minimum atomic E-state index is -0.743. The van der Waals surface area contributed by atoms with Crippen LogP contribution in [0.2, 0.25) is 0 Å². The van der Waals surface area contributed by atoms with Gasteiger partial charge in [0.25, 0.3) is 5.91 Å². The molecule has 1 saturated carbocycles. The van der Waals surface area contributed by atoms with E-state index >= 15 is 0 Å². The number of hydrogen-bond acceptors (Lipinski definition) is 3. The van der Waals surface area contributed by atoms with Gasteiger partial charge in [0.2, 0.25) is 11.8 Å². The molecule has 3 N–H and O–H groups in total. The molecule has 0 aliphatic heterocycles. The van der Waals surface area contributed by atoms with Crippen molar-refractivity contribution in [1.82, 2.24) is 16.2 Å². The molecule has 1 unspecified atom stereocenters. The van der Waals surface area contributed by atoms with Gasteiger partial charge in [0.15, 0.2) is 0 Å². The third-order valence-electron chi connectivity index (χ3n) is 3.24. The summed E-state index contributed by atoms with van der Waals surface area (Å²) in [6.07, 6.45) is 4.74. The van der Waals surface area contributed by atoms with Crippen LogP contribution in [0, 0.1) is 5.92 Å². The number of hydrazine groups is 1. The Morgan fingerprint density at radius 2 is 1.82 bits per heavy atom. The van der Waals surface area contributed by atoms with Crippen molar-refractivity contribution in [3.05, 3.63) is 42.0 Å². The van der Waals surface area contributed by atoms with Gasteiger partial charge in [0.05, 0.1) is 0 Å². The Hall–Kier alpha value is -2.63. The molecule has 1 aliphatic rings. The van der Waals surface area contributed by atoms with Crippen molar-refractivity contribution >= 4 is 23.8 Å². The summed E-state index contributed by atoms with van der Waals surface area (Å²) >= 11 is 0. The third kappa shape index (κ3) is 5.05. The van der Waals surface area contributed by atoms with Crippen molar-refractivity contribution in [2.75, 3.05) is 0 Å². The van der Waals surface area contributed by atoms with Crippen molar-refractivity contribution in [2.45, 2.75) is 25.8 Å². The Balaban J connectivity index is 1.74. The molecular formula is C16H19N3O3. The Morgan fingerprint density at radius 1 is 1.14 bits per heavy atom. The largest absolute Gasteiger partial charge is 0.341 e. The van der Waals surface area contributed by atoms with Crippen molar-refractivity contribution in [1.29, 1.82) is 0 Å². The summed E-state index contributed by atoms with van der Waals surface area (Å²) < 4.78 is 0. The molecule has 0 spiro atoms. The predicted octanol–water partition coefficient (Wildman–Crippen LogP) is 0.762. The number of nitrogens with one attached hydrogen (secondary N) is 3. The maximum absolute atomic E-state index is 11.7. The van der Waals surface area contributed by atoms with Crippen LogP contribution >= 0.6 is 0 Å². The minimum Gasteiger partial charge on any atom is -0.341 e. The number of carbonyl (C=O) groups excluding carboxylic acids is 3. The molecule has 1 fully saturated rings.